The number of nitrogens with two attached hydrogens (primary N) is 1. The maximum Gasteiger partial charge on any atom is 0.205 e. The molecule has 0 fully saturated rings. The number of aliphatic hydroxyl groups excluding tert-OH is 1. The van der Waals surface area contributed by atoms with Crippen LogP contribution in [0.15, 0.2) is 4.99 Å². The molecule has 0 aromatic heterocycles. The summed E-state index contributed by atoms with van der Waals surface area (Å²) in [4.78, 5) is 3.70. The summed E-state index contributed by atoms with van der Waals surface area (Å²) in [5, 5.41) is 11.1. The van der Waals surface area contributed by atoms with Crippen LogP contribution in [0.2, 0.25) is 0 Å². The van der Waals surface area contributed by atoms with E-state index < -0.39 is 0 Å². The van der Waals surface area contributed by atoms with Crippen LogP contribution in [0.4, 0.5) is 0 Å². The average molecular weight is 260 g/mol. The van der Waals surface area contributed by atoms with Crippen molar-refractivity contribution < 1.29 is 5.11 Å². The van der Waals surface area contributed by atoms with Crippen LogP contribution in [0.1, 0.15) is 0 Å². The molecule has 0 bridgehead atoms. The molecule has 0 spiro atoms. The number of hydrogen-bond donors (Lipinski definition) is 4. The van der Waals surface area contributed by atoms with E-state index in [2.05, 4.69) is 15.7 Å². The Balaban J connectivity index is 0. The molecule has 0 rings (SSSR count). The van der Waals surface area contributed by atoms with Gasteiger partial charge in [0, 0.05) is 13.6 Å². The molecule has 0 aliphatic carbocycles. The molecule has 0 atom stereocenters. The predicted octanol–water partition coefficient (Wildman–Crippen LogP) is -1.36. The fourth-order valence-corrected chi connectivity index (χ4v) is 0.369. The standard InChI is InChI=1S/C4H12N4O.HI/c1-6-4(8-5)7-2-3-9;/h9H,2-3,5H2,1H3,(H2,6,7,8);1H. The Morgan fingerprint density at radius 2 is 2.30 bits per heavy atom. The number of hydrogen-bond acceptors (Lipinski definition) is 3. The van der Waals surface area contributed by atoms with E-state index in [1.165, 1.54) is 0 Å². The molecule has 5 N–H and O–H groups in total. The fourth-order valence-electron chi connectivity index (χ4n) is 0.369. The first-order valence-electron chi connectivity index (χ1n) is 2.63. The quantitative estimate of drug-likeness (QED) is 0.162. The van der Waals surface area contributed by atoms with Gasteiger partial charge in [-0.3, -0.25) is 10.4 Å². The number of hydrazine groups is 1. The van der Waals surface area contributed by atoms with Crippen LogP contribution in [0, 0.1) is 0 Å². The van der Waals surface area contributed by atoms with Gasteiger partial charge < -0.3 is 10.4 Å². The minimum absolute atomic E-state index is 0. The smallest absolute Gasteiger partial charge is 0.205 e. The molecule has 0 aliphatic rings. The summed E-state index contributed by atoms with van der Waals surface area (Å²) in [5.41, 5.74) is 2.31. The van der Waals surface area contributed by atoms with E-state index >= 15 is 0 Å². The summed E-state index contributed by atoms with van der Waals surface area (Å²) in [6.45, 7) is 0.525. The topological polar surface area (TPSA) is 82.7 Å². The molecule has 0 saturated carbocycles. The van der Waals surface area contributed by atoms with Crippen LogP contribution in [0.5, 0.6) is 0 Å². The molecule has 0 aliphatic heterocycles. The van der Waals surface area contributed by atoms with Crippen LogP contribution < -0.4 is 16.6 Å². The second kappa shape index (κ2) is 8.92. The van der Waals surface area contributed by atoms with Gasteiger partial charge >= 0.3 is 0 Å². The second-order valence-electron chi connectivity index (χ2n) is 1.37. The van der Waals surface area contributed by atoms with Crippen molar-refractivity contribution in [3.8, 4) is 0 Å². The summed E-state index contributed by atoms with van der Waals surface area (Å²) in [5.74, 6) is 5.48. The van der Waals surface area contributed by atoms with Crippen molar-refractivity contribution in [2.45, 2.75) is 0 Å². The molecular weight excluding hydrogens is 247 g/mol. The van der Waals surface area contributed by atoms with Crippen LogP contribution in [0.3, 0.4) is 0 Å². The highest BCUT2D eigenvalue weighted by Crippen LogP contribution is 1.60. The average Bonchev–Trinajstić information content (AvgIpc) is 1.91. The third-order valence-corrected chi connectivity index (χ3v) is 0.765. The zero-order valence-corrected chi connectivity index (χ0v) is 8.12. The third kappa shape index (κ3) is 6.05. The largest absolute Gasteiger partial charge is 0.395 e. The molecule has 0 aromatic rings. The molecule has 6 heteroatoms. The van der Waals surface area contributed by atoms with E-state index in [0.29, 0.717) is 12.5 Å². The molecule has 0 aromatic carbocycles. The number of aliphatic imine (C=N–C) groups is 1. The molecule has 62 valence electrons. The van der Waals surface area contributed by atoms with Crippen molar-refractivity contribution >= 4 is 29.9 Å². The van der Waals surface area contributed by atoms with Crippen molar-refractivity contribution in [1.29, 1.82) is 0 Å². The van der Waals surface area contributed by atoms with E-state index in [-0.39, 0.29) is 30.6 Å². The zero-order valence-electron chi connectivity index (χ0n) is 5.79. The molecule has 10 heavy (non-hydrogen) atoms. The highest BCUT2D eigenvalue weighted by molar-refractivity contribution is 14.0. The molecule has 0 amide bonds. The van der Waals surface area contributed by atoms with Crippen molar-refractivity contribution in [3.63, 3.8) is 0 Å². The number of halogens is 1. The first kappa shape index (κ1) is 12.6. The Labute approximate surface area is 77.1 Å². The molecule has 0 saturated heterocycles. The Bertz CT molecular complexity index is 97.3. The molecule has 0 heterocycles. The van der Waals surface area contributed by atoms with Crippen molar-refractivity contribution in [2.75, 3.05) is 20.2 Å². The first-order valence-corrected chi connectivity index (χ1v) is 2.63. The van der Waals surface area contributed by atoms with Gasteiger partial charge in [-0.15, -0.1) is 24.0 Å². The highest BCUT2D eigenvalue weighted by Gasteiger charge is 1.88. The normalized spacial score (nSPS) is 10.1. The maximum atomic E-state index is 8.32. The molecule has 5 nitrogen and oxygen atoms in total. The van der Waals surface area contributed by atoms with Crippen LogP contribution in [-0.4, -0.2) is 31.3 Å². The molecule has 0 unspecified atom stereocenters. The number of aliphatic hydroxyl groups is 1. The van der Waals surface area contributed by atoms with Crippen molar-refractivity contribution in [2.24, 2.45) is 10.8 Å². The Morgan fingerprint density at radius 1 is 1.70 bits per heavy atom. The number of nitrogens with zero attached hydrogens (tertiary/aromatic N) is 1. The van der Waals surface area contributed by atoms with Gasteiger partial charge in [0.1, 0.15) is 0 Å². The van der Waals surface area contributed by atoms with Crippen molar-refractivity contribution in [1.82, 2.24) is 10.7 Å². The lowest BCUT2D eigenvalue weighted by molar-refractivity contribution is 0.300. The minimum atomic E-state index is 0. The van der Waals surface area contributed by atoms with Crippen LogP contribution in [0.25, 0.3) is 0 Å². The minimum Gasteiger partial charge on any atom is -0.395 e. The molecular formula is C4H13IN4O. The maximum absolute atomic E-state index is 8.32. The van der Waals surface area contributed by atoms with E-state index in [0.717, 1.165) is 0 Å². The highest BCUT2D eigenvalue weighted by atomic mass is 127. The van der Waals surface area contributed by atoms with Gasteiger partial charge in [-0.2, -0.15) is 0 Å². The van der Waals surface area contributed by atoms with Crippen LogP contribution >= 0.6 is 24.0 Å². The predicted molar refractivity (Wildman–Crippen MR) is 51.2 cm³/mol. The number of nitrogens with one attached hydrogen (secondary N) is 2. The molecule has 0 radical (unpaired) electrons. The fraction of sp³-hybridized carbons (Fsp3) is 0.750. The number of rotatable bonds is 2. The van der Waals surface area contributed by atoms with Gasteiger partial charge in [-0.1, -0.05) is 0 Å². The van der Waals surface area contributed by atoms with Gasteiger partial charge in [-0.05, 0) is 0 Å². The lowest BCUT2D eigenvalue weighted by Gasteiger charge is -2.04. The monoisotopic (exact) mass is 260 g/mol. The first-order chi connectivity index (χ1) is 4.35. The van der Waals surface area contributed by atoms with E-state index in [1.807, 2.05) is 0 Å². The zero-order chi connectivity index (χ0) is 7.11. The second-order valence-corrected chi connectivity index (χ2v) is 1.37. The summed E-state index contributed by atoms with van der Waals surface area (Å²) >= 11 is 0. The summed E-state index contributed by atoms with van der Waals surface area (Å²) in [6, 6.07) is 0. The van der Waals surface area contributed by atoms with E-state index in [9.17, 15) is 0 Å². The van der Waals surface area contributed by atoms with Gasteiger partial charge in [0.15, 0.2) is 0 Å². The van der Waals surface area contributed by atoms with Gasteiger partial charge in [0.2, 0.25) is 5.96 Å². The number of guanidine groups is 1. The SMILES string of the molecule is CN=C(NN)NCCO.I. The van der Waals surface area contributed by atoms with Crippen LogP contribution in [-0.2, 0) is 0 Å². The van der Waals surface area contributed by atoms with E-state index in [4.69, 9.17) is 10.9 Å². The Kier molecular flexibility index (Phi) is 11.2. The van der Waals surface area contributed by atoms with Crippen molar-refractivity contribution in [3.05, 3.63) is 0 Å². The Morgan fingerprint density at radius 3 is 2.60 bits per heavy atom. The summed E-state index contributed by atoms with van der Waals surface area (Å²) < 4.78 is 0. The van der Waals surface area contributed by atoms with E-state index in [1.54, 1.807) is 7.05 Å². The third-order valence-electron chi connectivity index (χ3n) is 0.765. The summed E-state index contributed by atoms with van der Waals surface area (Å²) in [6.07, 6.45) is 0. The lowest BCUT2D eigenvalue weighted by Crippen LogP contribution is -2.42. The summed E-state index contributed by atoms with van der Waals surface area (Å²) in [7, 11) is 1.60. The van der Waals surface area contributed by atoms with Gasteiger partial charge in [0.05, 0.1) is 6.61 Å². The Hall–Kier alpha value is -0.0800. The lowest BCUT2D eigenvalue weighted by atomic mass is 10.7. The van der Waals surface area contributed by atoms with Gasteiger partial charge in [-0.25, -0.2) is 5.84 Å². The van der Waals surface area contributed by atoms with Gasteiger partial charge in [0.25, 0.3) is 0 Å².